The predicted molar refractivity (Wildman–Crippen MR) is 65.4 cm³/mol. The number of urea groups is 1. The Morgan fingerprint density at radius 2 is 1.81 bits per heavy atom. The first-order valence-electron chi connectivity index (χ1n) is 4.79. The third kappa shape index (κ3) is 2.07. The van der Waals surface area contributed by atoms with Crippen LogP contribution in [0.4, 0.5) is 10.5 Å². The van der Waals surface area contributed by atoms with Gasteiger partial charge in [0.05, 0.1) is 12.8 Å². The van der Waals surface area contributed by atoms with Gasteiger partial charge in [-0.3, -0.25) is 0 Å². The van der Waals surface area contributed by atoms with Crippen LogP contribution in [0.1, 0.15) is 16.7 Å². The normalized spacial score (nSPS) is 10.1. The number of nitrogens with two attached hydrogens (primary N) is 1. The van der Waals surface area contributed by atoms with Crippen LogP contribution in [0.25, 0.3) is 0 Å². The molecule has 0 saturated carbocycles. The monoisotopic (exact) mass is 242 g/mol. The molecule has 0 fully saturated rings. The van der Waals surface area contributed by atoms with E-state index in [0.717, 1.165) is 16.7 Å². The van der Waals surface area contributed by atoms with E-state index in [0.29, 0.717) is 16.5 Å². The van der Waals surface area contributed by atoms with E-state index in [1.807, 2.05) is 20.8 Å². The van der Waals surface area contributed by atoms with E-state index in [4.69, 9.17) is 22.1 Å². The molecule has 16 heavy (non-hydrogen) atoms. The highest BCUT2D eigenvalue weighted by Gasteiger charge is 2.17. The molecule has 0 bridgehead atoms. The number of methoxy groups -OCH3 is 1. The lowest BCUT2D eigenvalue weighted by Crippen LogP contribution is -2.21. The molecule has 5 heteroatoms. The number of rotatable bonds is 2. The third-order valence-corrected chi connectivity index (χ3v) is 3.18. The van der Waals surface area contributed by atoms with Crippen LogP contribution in [-0.4, -0.2) is 13.1 Å². The Bertz CT molecular complexity index is 444. The summed E-state index contributed by atoms with van der Waals surface area (Å²) in [4.78, 5) is 10.9. The lowest BCUT2D eigenvalue weighted by Gasteiger charge is -2.18. The Balaban J connectivity index is 3.50. The first-order chi connectivity index (χ1) is 7.40. The van der Waals surface area contributed by atoms with E-state index in [1.54, 1.807) is 7.11 Å². The fourth-order valence-corrected chi connectivity index (χ4v) is 1.85. The molecule has 2 amide bonds. The van der Waals surface area contributed by atoms with Gasteiger partial charge in [0.2, 0.25) is 0 Å². The smallest absolute Gasteiger partial charge is 0.316 e. The molecular formula is C11H15ClN2O2. The molecule has 88 valence electrons. The van der Waals surface area contributed by atoms with Gasteiger partial charge in [-0.05, 0) is 37.5 Å². The summed E-state index contributed by atoms with van der Waals surface area (Å²) >= 11 is 6.15. The number of hydrogen-bond donors (Lipinski definition) is 2. The van der Waals surface area contributed by atoms with Crippen molar-refractivity contribution >= 4 is 23.3 Å². The summed E-state index contributed by atoms with van der Waals surface area (Å²) in [7, 11) is 1.54. The number of carbonyl (C=O) groups is 1. The highest BCUT2D eigenvalue weighted by atomic mass is 35.5. The maximum absolute atomic E-state index is 10.9. The zero-order valence-corrected chi connectivity index (χ0v) is 10.5. The van der Waals surface area contributed by atoms with Gasteiger partial charge in [0.15, 0.2) is 0 Å². The number of primary amides is 1. The SMILES string of the molecule is COc1c(C)c(C)c(Cl)c(C)c1NC(N)=O. The van der Waals surface area contributed by atoms with Crippen molar-refractivity contribution in [3.63, 3.8) is 0 Å². The molecule has 0 aromatic heterocycles. The molecule has 1 aromatic rings. The summed E-state index contributed by atoms with van der Waals surface area (Å²) in [6.07, 6.45) is 0. The quantitative estimate of drug-likeness (QED) is 0.838. The summed E-state index contributed by atoms with van der Waals surface area (Å²) in [6, 6.07) is -0.638. The molecule has 1 aromatic carbocycles. The van der Waals surface area contributed by atoms with Gasteiger partial charge < -0.3 is 15.8 Å². The minimum Gasteiger partial charge on any atom is -0.494 e. The molecule has 0 radical (unpaired) electrons. The molecule has 0 atom stereocenters. The van der Waals surface area contributed by atoms with Crippen molar-refractivity contribution in [1.29, 1.82) is 0 Å². The number of anilines is 1. The van der Waals surface area contributed by atoms with Crippen molar-refractivity contribution in [3.8, 4) is 5.75 Å². The maximum Gasteiger partial charge on any atom is 0.316 e. The minimum atomic E-state index is -0.638. The lowest BCUT2D eigenvalue weighted by atomic mass is 10.0. The first-order valence-corrected chi connectivity index (χ1v) is 5.17. The molecule has 0 saturated heterocycles. The Morgan fingerprint density at radius 1 is 1.25 bits per heavy atom. The average Bonchev–Trinajstić information content (AvgIpc) is 2.23. The predicted octanol–water partition coefficient (Wildman–Crippen LogP) is 2.76. The second-order valence-corrected chi connectivity index (χ2v) is 3.96. The zero-order valence-electron chi connectivity index (χ0n) is 9.77. The summed E-state index contributed by atoms with van der Waals surface area (Å²) in [5, 5.41) is 3.14. The number of carbonyl (C=O) groups excluding carboxylic acids is 1. The van der Waals surface area contributed by atoms with Gasteiger partial charge in [-0.25, -0.2) is 4.79 Å². The molecule has 0 unspecified atom stereocenters. The molecule has 3 N–H and O–H groups in total. The second-order valence-electron chi connectivity index (χ2n) is 3.59. The van der Waals surface area contributed by atoms with Gasteiger partial charge in [-0.1, -0.05) is 11.6 Å². The molecule has 0 heterocycles. The largest absolute Gasteiger partial charge is 0.494 e. The van der Waals surface area contributed by atoms with Crippen molar-refractivity contribution in [2.75, 3.05) is 12.4 Å². The van der Waals surface area contributed by atoms with E-state index in [1.165, 1.54) is 0 Å². The van der Waals surface area contributed by atoms with Crippen LogP contribution in [0.5, 0.6) is 5.75 Å². The van der Waals surface area contributed by atoms with E-state index in [2.05, 4.69) is 5.32 Å². The van der Waals surface area contributed by atoms with Crippen LogP contribution < -0.4 is 15.8 Å². The van der Waals surface area contributed by atoms with Gasteiger partial charge in [-0.15, -0.1) is 0 Å². The van der Waals surface area contributed by atoms with Gasteiger partial charge in [0.25, 0.3) is 0 Å². The van der Waals surface area contributed by atoms with Crippen molar-refractivity contribution in [2.24, 2.45) is 5.73 Å². The van der Waals surface area contributed by atoms with E-state index < -0.39 is 6.03 Å². The topological polar surface area (TPSA) is 64.3 Å². The van der Waals surface area contributed by atoms with Crippen molar-refractivity contribution in [3.05, 3.63) is 21.7 Å². The van der Waals surface area contributed by atoms with Crippen molar-refractivity contribution in [1.82, 2.24) is 0 Å². The van der Waals surface area contributed by atoms with Gasteiger partial charge in [0.1, 0.15) is 5.75 Å². The number of ether oxygens (including phenoxy) is 1. The van der Waals surface area contributed by atoms with Crippen LogP contribution in [0, 0.1) is 20.8 Å². The fourth-order valence-electron chi connectivity index (χ4n) is 1.61. The molecule has 0 spiro atoms. The fraction of sp³-hybridized carbons (Fsp3) is 0.364. The number of amides is 2. The number of hydrogen-bond acceptors (Lipinski definition) is 2. The number of halogens is 1. The Labute approximate surface area is 99.7 Å². The highest BCUT2D eigenvalue weighted by Crippen LogP contribution is 2.39. The van der Waals surface area contributed by atoms with Crippen LogP contribution >= 0.6 is 11.6 Å². The van der Waals surface area contributed by atoms with Crippen LogP contribution in [0.3, 0.4) is 0 Å². The Morgan fingerprint density at radius 3 is 2.25 bits per heavy atom. The Kier molecular flexibility index (Phi) is 3.65. The molecule has 4 nitrogen and oxygen atoms in total. The minimum absolute atomic E-state index is 0.531. The first kappa shape index (κ1) is 12.6. The maximum atomic E-state index is 10.9. The molecule has 1 rings (SSSR count). The molecule has 0 aliphatic heterocycles. The van der Waals surface area contributed by atoms with Gasteiger partial charge in [0, 0.05) is 5.02 Å². The van der Waals surface area contributed by atoms with Crippen LogP contribution in [-0.2, 0) is 0 Å². The van der Waals surface area contributed by atoms with E-state index >= 15 is 0 Å². The zero-order chi connectivity index (χ0) is 12.5. The summed E-state index contributed by atoms with van der Waals surface area (Å²) in [5.74, 6) is 0.596. The van der Waals surface area contributed by atoms with Crippen LogP contribution in [0.2, 0.25) is 5.02 Å². The summed E-state index contributed by atoms with van der Waals surface area (Å²) < 4.78 is 5.26. The third-order valence-electron chi connectivity index (χ3n) is 2.62. The van der Waals surface area contributed by atoms with Crippen LogP contribution in [0.15, 0.2) is 0 Å². The molecule has 0 aliphatic rings. The molecular weight excluding hydrogens is 228 g/mol. The molecule has 0 aliphatic carbocycles. The summed E-state index contributed by atoms with van der Waals surface area (Å²) in [5.41, 5.74) is 8.21. The number of benzene rings is 1. The number of nitrogens with one attached hydrogen (secondary N) is 1. The second kappa shape index (κ2) is 4.61. The van der Waals surface area contributed by atoms with Crippen molar-refractivity contribution in [2.45, 2.75) is 20.8 Å². The summed E-state index contributed by atoms with van der Waals surface area (Å²) in [6.45, 7) is 5.59. The van der Waals surface area contributed by atoms with Gasteiger partial charge >= 0.3 is 6.03 Å². The van der Waals surface area contributed by atoms with Gasteiger partial charge in [-0.2, -0.15) is 0 Å². The Hall–Kier alpha value is -1.42. The average molecular weight is 243 g/mol. The van der Waals surface area contributed by atoms with E-state index in [-0.39, 0.29) is 0 Å². The lowest BCUT2D eigenvalue weighted by molar-refractivity contribution is 0.259. The highest BCUT2D eigenvalue weighted by molar-refractivity contribution is 6.32. The van der Waals surface area contributed by atoms with E-state index in [9.17, 15) is 4.79 Å². The standard InChI is InChI=1S/C11H15ClN2O2/c1-5-6(2)10(16-4)9(14-11(13)15)7(3)8(5)12/h1-4H3,(H3,13,14,15). The van der Waals surface area contributed by atoms with Crippen molar-refractivity contribution < 1.29 is 9.53 Å².